The molecule has 5 nitrogen and oxygen atoms in total. The van der Waals surface area contributed by atoms with Gasteiger partial charge in [-0.25, -0.2) is 0 Å². The van der Waals surface area contributed by atoms with E-state index in [0.717, 1.165) is 23.4 Å². The van der Waals surface area contributed by atoms with Gasteiger partial charge in [-0.3, -0.25) is 9.48 Å². The maximum absolute atomic E-state index is 12.5. The van der Waals surface area contributed by atoms with E-state index in [1.54, 1.807) is 36.2 Å². The summed E-state index contributed by atoms with van der Waals surface area (Å²) < 4.78 is 13.1. The molecule has 0 aliphatic rings. The molecule has 0 radical (unpaired) electrons. The quantitative estimate of drug-likeness (QED) is 0.371. The fraction of sp³-hybridized carbons (Fsp3) is 0.217. The van der Waals surface area contributed by atoms with Gasteiger partial charge in [0.2, 0.25) is 0 Å². The Balaban J connectivity index is 1.77. The van der Waals surface area contributed by atoms with Crippen molar-refractivity contribution in [3.8, 4) is 11.5 Å². The summed E-state index contributed by atoms with van der Waals surface area (Å²) in [5.41, 5.74) is 3.21. The SMILES string of the molecule is CCn1ncc(C(=O)/C=C/c2ccc(OC)c(COc3ccccc3Cl)c2)c1C. The van der Waals surface area contributed by atoms with Crippen LogP contribution in [0.1, 0.15) is 34.1 Å². The van der Waals surface area contributed by atoms with E-state index in [9.17, 15) is 4.79 Å². The number of para-hydroxylation sites is 1. The van der Waals surface area contributed by atoms with Crippen molar-refractivity contribution in [2.45, 2.75) is 27.0 Å². The van der Waals surface area contributed by atoms with Crippen LogP contribution in [0.4, 0.5) is 0 Å². The third-order valence-corrected chi connectivity index (χ3v) is 4.93. The van der Waals surface area contributed by atoms with E-state index in [-0.39, 0.29) is 5.78 Å². The van der Waals surface area contributed by atoms with Crippen LogP contribution in [0.5, 0.6) is 11.5 Å². The van der Waals surface area contributed by atoms with Crippen molar-refractivity contribution in [1.29, 1.82) is 0 Å². The highest BCUT2D eigenvalue weighted by molar-refractivity contribution is 6.32. The Hall–Kier alpha value is -3.05. The molecule has 0 saturated carbocycles. The molecule has 0 bridgehead atoms. The van der Waals surface area contributed by atoms with E-state index in [0.29, 0.717) is 28.7 Å². The molecule has 1 aromatic heterocycles. The van der Waals surface area contributed by atoms with Crippen molar-refractivity contribution in [3.05, 3.63) is 82.1 Å². The van der Waals surface area contributed by atoms with E-state index in [2.05, 4.69) is 5.10 Å². The first kappa shape index (κ1) is 20.7. The lowest BCUT2D eigenvalue weighted by Gasteiger charge is -2.12. The van der Waals surface area contributed by atoms with E-state index >= 15 is 0 Å². The lowest BCUT2D eigenvalue weighted by molar-refractivity contribution is 0.104. The van der Waals surface area contributed by atoms with Gasteiger partial charge in [0.1, 0.15) is 18.1 Å². The lowest BCUT2D eigenvalue weighted by Crippen LogP contribution is -2.02. The van der Waals surface area contributed by atoms with Crippen LogP contribution in [-0.4, -0.2) is 22.7 Å². The number of hydrogen-bond donors (Lipinski definition) is 0. The molecule has 0 atom stereocenters. The van der Waals surface area contributed by atoms with Crippen molar-refractivity contribution in [1.82, 2.24) is 9.78 Å². The van der Waals surface area contributed by atoms with Gasteiger partial charge in [-0.1, -0.05) is 35.9 Å². The lowest BCUT2D eigenvalue weighted by atomic mass is 10.1. The normalized spacial score (nSPS) is 11.0. The number of methoxy groups -OCH3 is 1. The van der Waals surface area contributed by atoms with Crippen molar-refractivity contribution in [2.24, 2.45) is 0 Å². The topological polar surface area (TPSA) is 53.4 Å². The number of aryl methyl sites for hydroxylation is 1. The third kappa shape index (κ3) is 4.87. The zero-order valence-electron chi connectivity index (χ0n) is 16.7. The summed E-state index contributed by atoms with van der Waals surface area (Å²) >= 11 is 6.15. The molecule has 0 aliphatic heterocycles. The summed E-state index contributed by atoms with van der Waals surface area (Å²) in [7, 11) is 1.61. The van der Waals surface area contributed by atoms with Crippen LogP contribution < -0.4 is 9.47 Å². The minimum absolute atomic E-state index is 0.0770. The second-order valence-corrected chi connectivity index (χ2v) is 6.85. The zero-order valence-corrected chi connectivity index (χ0v) is 17.4. The van der Waals surface area contributed by atoms with Gasteiger partial charge in [0.25, 0.3) is 0 Å². The van der Waals surface area contributed by atoms with E-state index in [1.165, 1.54) is 0 Å². The number of aromatic nitrogens is 2. The molecule has 0 amide bonds. The molecule has 3 rings (SSSR count). The molecule has 3 aromatic rings. The van der Waals surface area contributed by atoms with E-state index in [1.807, 2.05) is 50.2 Å². The van der Waals surface area contributed by atoms with Crippen LogP contribution in [0.25, 0.3) is 6.08 Å². The molecular weight excluding hydrogens is 388 g/mol. The maximum atomic E-state index is 12.5. The number of benzene rings is 2. The summed E-state index contributed by atoms with van der Waals surface area (Å²) in [6.45, 7) is 4.92. The fourth-order valence-corrected chi connectivity index (χ4v) is 3.19. The summed E-state index contributed by atoms with van der Waals surface area (Å²) in [4.78, 5) is 12.5. The Morgan fingerprint density at radius 3 is 2.69 bits per heavy atom. The van der Waals surface area contributed by atoms with E-state index < -0.39 is 0 Å². The van der Waals surface area contributed by atoms with Gasteiger partial charge >= 0.3 is 0 Å². The second kappa shape index (κ2) is 9.43. The first-order valence-corrected chi connectivity index (χ1v) is 9.70. The van der Waals surface area contributed by atoms with Gasteiger partial charge in [-0.05, 0) is 49.8 Å². The molecule has 0 spiro atoms. The minimum atomic E-state index is -0.0770. The summed E-state index contributed by atoms with van der Waals surface area (Å²) in [5, 5.41) is 4.78. The van der Waals surface area contributed by atoms with Gasteiger partial charge in [0.05, 0.1) is 23.9 Å². The van der Waals surface area contributed by atoms with Crippen molar-refractivity contribution in [2.75, 3.05) is 7.11 Å². The van der Waals surface area contributed by atoms with E-state index in [4.69, 9.17) is 21.1 Å². The molecule has 0 saturated heterocycles. The number of allylic oxidation sites excluding steroid dienone is 1. The highest BCUT2D eigenvalue weighted by Gasteiger charge is 2.11. The Kier molecular flexibility index (Phi) is 6.73. The highest BCUT2D eigenvalue weighted by Crippen LogP contribution is 2.27. The Morgan fingerprint density at radius 1 is 1.21 bits per heavy atom. The Bertz CT molecular complexity index is 1040. The van der Waals surface area contributed by atoms with Gasteiger partial charge in [0.15, 0.2) is 5.78 Å². The molecule has 29 heavy (non-hydrogen) atoms. The Morgan fingerprint density at radius 2 is 2.00 bits per heavy atom. The summed E-state index contributed by atoms with van der Waals surface area (Å²) in [6, 6.07) is 13.0. The van der Waals surface area contributed by atoms with Gasteiger partial charge in [-0.15, -0.1) is 0 Å². The number of hydrogen-bond acceptors (Lipinski definition) is 4. The Labute approximate surface area is 175 Å². The fourth-order valence-electron chi connectivity index (χ4n) is 3.00. The summed E-state index contributed by atoms with van der Waals surface area (Å²) in [5.74, 6) is 1.24. The number of carbonyl (C=O) groups is 1. The maximum Gasteiger partial charge on any atom is 0.189 e. The summed E-state index contributed by atoms with van der Waals surface area (Å²) in [6.07, 6.45) is 4.95. The van der Waals surface area contributed by atoms with Crippen LogP contribution in [0.3, 0.4) is 0 Å². The minimum Gasteiger partial charge on any atom is -0.496 e. The van der Waals surface area contributed by atoms with Crippen LogP contribution in [0, 0.1) is 6.92 Å². The average molecular weight is 411 g/mol. The van der Waals surface area contributed by atoms with Crippen LogP contribution >= 0.6 is 11.6 Å². The monoisotopic (exact) mass is 410 g/mol. The number of rotatable bonds is 8. The third-order valence-electron chi connectivity index (χ3n) is 4.62. The van der Waals surface area contributed by atoms with Crippen molar-refractivity contribution in [3.63, 3.8) is 0 Å². The van der Waals surface area contributed by atoms with Gasteiger partial charge in [-0.2, -0.15) is 5.10 Å². The number of carbonyl (C=O) groups excluding carboxylic acids is 1. The zero-order chi connectivity index (χ0) is 20.8. The predicted molar refractivity (Wildman–Crippen MR) is 115 cm³/mol. The second-order valence-electron chi connectivity index (χ2n) is 6.45. The number of ketones is 1. The van der Waals surface area contributed by atoms with Crippen LogP contribution in [-0.2, 0) is 13.2 Å². The number of nitrogens with zero attached hydrogens (tertiary/aromatic N) is 2. The highest BCUT2D eigenvalue weighted by atomic mass is 35.5. The van der Waals surface area contributed by atoms with Crippen molar-refractivity contribution < 1.29 is 14.3 Å². The molecule has 1 heterocycles. The standard InChI is InChI=1S/C23H23ClN2O3/c1-4-26-16(2)19(14-25-26)21(27)11-9-17-10-12-22(28-3)18(13-17)15-29-23-8-6-5-7-20(23)24/h5-14H,4,15H2,1-3H3/b11-9+. The number of ether oxygens (including phenoxy) is 2. The smallest absolute Gasteiger partial charge is 0.189 e. The number of halogens is 1. The van der Waals surface area contributed by atoms with Gasteiger partial charge < -0.3 is 9.47 Å². The molecule has 150 valence electrons. The average Bonchev–Trinajstić information content (AvgIpc) is 3.12. The first-order chi connectivity index (χ1) is 14.0. The van der Waals surface area contributed by atoms with Crippen molar-refractivity contribution >= 4 is 23.5 Å². The molecule has 6 heteroatoms. The molecule has 0 aliphatic carbocycles. The van der Waals surface area contributed by atoms with Gasteiger partial charge in [0, 0.05) is 17.8 Å². The first-order valence-electron chi connectivity index (χ1n) is 9.32. The molecule has 2 aromatic carbocycles. The largest absolute Gasteiger partial charge is 0.496 e. The molecule has 0 N–H and O–H groups in total. The molecule has 0 fully saturated rings. The molecule has 0 unspecified atom stereocenters. The van der Waals surface area contributed by atoms with Crippen LogP contribution in [0.15, 0.2) is 54.7 Å². The van der Waals surface area contributed by atoms with Crippen LogP contribution in [0.2, 0.25) is 5.02 Å². The molecular formula is C23H23ClN2O3. The predicted octanol–water partition coefficient (Wildman–Crippen LogP) is 5.35.